The van der Waals surface area contributed by atoms with Gasteiger partial charge in [-0.2, -0.15) is 0 Å². The maximum Gasteiger partial charge on any atom is 0.314 e. The lowest BCUT2D eigenvalue weighted by Crippen LogP contribution is -2.47. The van der Waals surface area contributed by atoms with E-state index in [0.717, 1.165) is 25.7 Å². The molecule has 45 heavy (non-hydrogen) atoms. The van der Waals surface area contributed by atoms with E-state index in [9.17, 15) is 29.4 Å². The van der Waals surface area contributed by atoms with E-state index in [2.05, 4.69) is 6.92 Å². The summed E-state index contributed by atoms with van der Waals surface area (Å²) in [6.45, 7) is 14.9. The molecule has 2 fully saturated rings. The number of aliphatic hydroxyl groups excluding tert-OH is 1. The van der Waals surface area contributed by atoms with Gasteiger partial charge in [0.2, 0.25) is 6.29 Å². The number of carboxylic acid groups (broad SMARTS) is 1. The van der Waals surface area contributed by atoms with Crippen LogP contribution in [0, 0.1) is 34.0 Å². The molecule has 0 bridgehead atoms. The van der Waals surface area contributed by atoms with Crippen LogP contribution in [0.25, 0.3) is 0 Å². The van der Waals surface area contributed by atoms with Crippen LogP contribution in [0.15, 0.2) is 0 Å². The summed E-state index contributed by atoms with van der Waals surface area (Å²) < 4.78 is 22.7. The van der Waals surface area contributed by atoms with E-state index in [1.54, 1.807) is 27.7 Å². The van der Waals surface area contributed by atoms with Gasteiger partial charge in [-0.1, -0.05) is 33.6 Å². The summed E-state index contributed by atoms with van der Waals surface area (Å²) in [4.78, 5) is 52.7. The zero-order valence-electron chi connectivity index (χ0n) is 29.2. The molecule has 0 radical (unpaired) electrons. The van der Waals surface area contributed by atoms with Crippen molar-refractivity contribution in [1.29, 1.82) is 0 Å². The first-order valence-electron chi connectivity index (χ1n) is 16.9. The molecule has 1 saturated heterocycles. The van der Waals surface area contributed by atoms with E-state index in [1.165, 1.54) is 7.11 Å². The van der Waals surface area contributed by atoms with E-state index >= 15 is 0 Å². The second-order valence-corrected chi connectivity index (χ2v) is 15.3. The largest absolute Gasteiger partial charge is 0.481 e. The van der Waals surface area contributed by atoms with Gasteiger partial charge in [0.25, 0.3) is 0 Å². The second kappa shape index (κ2) is 16.1. The third kappa shape index (κ3) is 10.4. The number of carboxylic acids is 1. The number of hydrogen-bond donors (Lipinski definition) is 2. The van der Waals surface area contributed by atoms with Crippen molar-refractivity contribution in [2.45, 2.75) is 150 Å². The van der Waals surface area contributed by atoms with E-state index in [-0.39, 0.29) is 25.2 Å². The maximum atomic E-state index is 13.8. The molecular formula is C35H60O10. The lowest BCUT2D eigenvalue weighted by atomic mass is 9.66. The zero-order valence-corrected chi connectivity index (χ0v) is 29.2. The average molecular weight is 641 g/mol. The van der Waals surface area contributed by atoms with Gasteiger partial charge in [0.1, 0.15) is 5.60 Å². The van der Waals surface area contributed by atoms with Crippen LogP contribution in [0.3, 0.4) is 0 Å². The number of hydrogen-bond acceptors (Lipinski definition) is 9. The Kier molecular flexibility index (Phi) is 13.9. The predicted octanol–water partition coefficient (Wildman–Crippen LogP) is 6.45. The topological polar surface area (TPSA) is 146 Å². The van der Waals surface area contributed by atoms with E-state index in [4.69, 9.17) is 18.9 Å². The monoisotopic (exact) mass is 640 g/mol. The van der Waals surface area contributed by atoms with Crippen LogP contribution in [0.1, 0.15) is 132 Å². The number of esters is 3. The second-order valence-electron chi connectivity index (χ2n) is 15.3. The summed E-state index contributed by atoms with van der Waals surface area (Å²) in [5, 5.41) is 20.5. The fourth-order valence-electron chi connectivity index (χ4n) is 7.32. The number of carbonyl (C=O) groups is 4. The lowest BCUT2D eigenvalue weighted by Gasteiger charge is -2.42. The molecule has 10 heteroatoms. The standard InChI is InChI=1S/C35H60O10/c1-10-33(6,29(38)39)17-13-18-34(7,31(41)44-27-14-11-12-19-43-27)22-35(8,30(40)42-9)21-24(3)28(37)45-32(4,5)25-16-15-23(2)20-26(25)36/h23-27,36H,10-22H2,1-9H3,(H,38,39). The molecule has 0 aromatic heterocycles. The van der Waals surface area contributed by atoms with Crippen LogP contribution in [0.4, 0.5) is 0 Å². The molecule has 0 aromatic carbocycles. The Morgan fingerprint density at radius 2 is 1.58 bits per heavy atom. The van der Waals surface area contributed by atoms with Gasteiger partial charge < -0.3 is 29.2 Å². The average Bonchev–Trinajstić information content (AvgIpc) is 2.96. The summed E-state index contributed by atoms with van der Waals surface area (Å²) in [6, 6.07) is 0. The molecule has 1 aliphatic heterocycles. The SMILES string of the molecule is CCC(C)(CCCC(C)(CC(C)(CC(C)C(=O)OC(C)(C)C1CCC(C)CC1O)C(=O)OC)C(=O)OC1CCCCO1)C(=O)O. The fraction of sp³-hybridized carbons (Fsp3) is 0.886. The van der Waals surface area contributed by atoms with Gasteiger partial charge in [-0.3, -0.25) is 19.2 Å². The molecule has 8 atom stereocenters. The molecule has 1 aliphatic carbocycles. The summed E-state index contributed by atoms with van der Waals surface area (Å²) >= 11 is 0. The minimum atomic E-state index is -1.26. The number of carbonyl (C=O) groups excluding carboxylic acids is 3. The van der Waals surface area contributed by atoms with Crippen molar-refractivity contribution >= 4 is 23.9 Å². The van der Waals surface area contributed by atoms with Crippen molar-refractivity contribution in [2.75, 3.05) is 13.7 Å². The minimum Gasteiger partial charge on any atom is -0.481 e. The van der Waals surface area contributed by atoms with Gasteiger partial charge in [0.15, 0.2) is 0 Å². The molecule has 2 aliphatic rings. The Bertz CT molecular complexity index is 1020. The fourth-order valence-corrected chi connectivity index (χ4v) is 7.32. The van der Waals surface area contributed by atoms with Crippen LogP contribution in [-0.2, 0) is 38.1 Å². The number of methoxy groups -OCH3 is 1. The molecule has 10 nitrogen and oxygen atoms in total. The molecular weight excluding hydrogens is 580 g/mol. The first-order chi connectivity index (χ1) is 20.8. The van der Waals surface area contributed by atoms with Crippen molar-refractivity contribution in [2.24, 2.45) is 34.0 Å². The molecule has 260 valence electrons. The molecule has 0 aromatic rings. The van der Waals surface area contributed by atoms with Gasteiger partial charge in [-0.05, 0) is 98.3 Å². The number of ether oxygens (including phenoxy) is 4. The highest BCUT2D eigenvalue weighted by Gasteiger charge is 2.49. The van der Waals surface area contributed by atoms with Crippen molar-refractivity contribution in [1.82, 2.24) is 0 Å². The third-order valence-electron chi connectivity index (χ3n) is 10.6. The lowest BCUT2D eigenvalue weighted by molar-refractivity contribution is -0.199. The predicted molar refractivity (Wildman–Crippen MR) is 169 cm³/mol. The molecule has 1 heterocycles. The highest BCUT2D eigenvalue weighted by atomic mass is 16.7. The Balaban J connectivity index is 2.29. The Morgan fingerprint density at radius 1 is 0.933 bits per heavy atom. The van der Waals surface area contributed by atoms with Gasteiger partial charge >= 0.3 is 23.9 Å². The van der Waals surface area contributed by atoms with E-state index in [1.807, 2.05) is 20.8 Å². The first-order valence-corrected chi connectivity index (χ1v) is 16.9. The number of aliphatic hydroxyl groups is 1. The van der Waals surface area contributed by atoms with E-state index < -0.39 is 64.0 Å². The van der Waals surface area contributed by atoms with Crippen LogP contribution in [0.2, 0.25) is 0 Å². The molecule has 2 N–H and O–H groups in total. The minimum absolute atomic E-state index is 0.0222. The van der Waals surface area contributed by atoms with Gasteiger partial charge in [-0.25, -0.2) is 0 Å². The highest BCUT2D eigenvalue weighted by Crippen LogP contribution is 2.45. The van der Waals surface area contributed by atoms with Gasteiger partial charge in [-0.15, -0.1) is 0 Å². The molecule has 8 unspecified atom stereocenters. The first kappa shape index (κ1) is 39.0. The quantitative estimate of drug-likeness (QED) is 0.143. The van der Waals surface area contributed by atoms with Crippen LogP contribution in [0.5, 0.6) is 0 Å². The van der Waals surface area contributed by atoms with Crippen molar-refractivity contribution in [3.8, 4) is 0 Å². The maximum absolute atomic E-state index is 13.8. The Hall–Kier alpha value is -2.20. The number of rotatable bonds is 16. The highest BCUT2D eigenvalue weighted by molar-refractivity contribution is 5.82. The molecule has 2 rings (SSSR count). The smallest absolute Gasteiger partial charge is 0.314 e. The van der Waals surface area contributed by atoms with Gasteiger partial charge in [0.05, 0.1) is 42.0 Å². The summed E-state index contributed by atoms with van der Waals surface area (Å²) in [6.07, 6.45) is 5.01. The Morgan fingerprint density at radius 3 is 2.11 bits per heavy atom. The number of aliphatic carboxylic acids is 1. The van der Waals surface area contributed by atoms with Crippen LogP contribution >= 0.6 is 0 Å². The summed E-state index contributed by atoms with van der Waals surface area (Å²) in [7, 11) is 1.28. The zero-order chi connectivity index (χ0) is 34.2. The molecule has 0 amide bonds. The van der Waals surface area contributed by atoms with Crippen LogP contribution in [-0.4, -0.2) is 65.8 Å². The van der Waals surface area contributed by atoms with E-state index in [0.29, 0.717) is 44.6 Å². The van der Waals surface area contributed by atoms with Gasteiger partial charge in [0, 0.05) is 12.3 Å². The normalized spacial score (nSPS) is 27.2. The summed E-state index contributed by atoms with van der Waals surface area (Å²) in [5.74, 6) is -2.96. The van der Waals surface area contributed by atoms with Crippen molar-refractivity contribution in [3.05, 3.63) is 0 Å². The van der Waals surface area contributed by atoms with Crippen LogP contribution < -0.4 is 0 Å². The molecule has 0 spiro atoms. The van der Waals surface area contributed by atoms with Crippen molar-refractivity contribution < 1.29 is 48.3 Å². The molecule has 1 saturated carbocycles. The summed E-state index contributed by atoms with van der Waals surface area (Å²) in [5.41, 5.74) is -4.30. The Labute approximate surface area is 270 Å². The third-order valence-corrected chi connectivity index (χ3v) is 10.6. The van der Waals surface area contributed by atoms with Crippen molar-refractivity contribution in [3.63, 3.8) is 0 Å².